The van der Waals surface area contributed by atoms with Crippen molar-refractivity contribution in [2.45, 2.75) is 10.3 Å². The first-order valence-electron chi connectivity index (χ1n) is 6.65. The zero-order valence-corrected chi connectivity index (χ0v) is 14.5. The van der Waals surface area contributed by atoms with Gasteiger partial charge >= 0.3 is 0 Å². The molecular weight excluding hydrogens is 350 g/mol. The summed E-state index contributed by atoms with van der Waals surface area (Å²) in [7, 11) is -2.07. The van der Waals surface area contributed by atoms with Crippen LogP contribution in [-0.2, 0) is 19.6 Å². The Balaban J connectivity index is 1.99. The fourth-order valence-corrected chi connectivity index (χ4v) is 5.26. The van der Waals surface area contributed by atoms with Crippen LogP contribution in [0.2, 0.25) is 4.34 Å². The number of hydrogen-bond acceptors (Lipinski definition) is 6. The van der Waals surface area contributed by atoms with E-state index in [9.17, 15) is 13.2 Å². The van der Waals surface area contributed by atoms with Crippen molar-refractivity contribution >= 4 is 38.9 Å². The third-order valence-corrected chi connectivity index (χ3v) is 6.95. The molecule has 1 aromatic rings. The highest BCUT2D eigenvalue weighted by atomic mass is 35.5. The molecule has 2 rings (SSSR count). The summed E-state index contributed by atoms with van der Waals surface area (Å²) >= 11 is 6.82. The molecule has 1 saturated heterocycles. The van der Waals surface area contributed by atoms with Crippen molar-refractivity contribution in [3.05, 3.63) is 16.5 Å². The lowest BCUT2D eigenvalue weighted by Gasteiger charge is -2.34. The number of methoxy groups -OCH3 is 1. The summed E-state index contributed by atoms with van der Waals surface area (Å²) in [6, 6.07) is 2.33. The number of piperazine rings is 1. The smallest absolute Gasteiger partial charge is 0.252 e. The second kappa shape index (κ2) is 7.24. The van der Waals surface area contributed by atoms with Crippen LogP contribution in [-0.4, -0.2) is 69.5 Å². The number of rotatable bonds is 5. The molecule has 0 radical (unpaired) electrons. The lowest BCUT2D eigenvalue weighted by molar-refractivity contribution is -0.134. The molecule has 10 heteroatoms. The van der Waals surface area contributed by atoms with Gasteiger partial charge in [0.1, 0.15) is 10.3 Å². The maximum absolute atomic E-state index is 12.4. The van der Waals surface area contributed by atoms with Gasteiger partial charge in [-0.05, 0) is 12.1 Å². The van der Waals surface area contributed by atoms with E-state index in [0.29, 0.717) is 17.4 Å². The van der Waals surface area contributed by atoms with Crippen LogP contribution in [0.5, 0.6) is 0 Å². The molecule has 0 bridgehead atoms. The van der Waals surface area contributed by atoms with Crippen molar-refractivity contribution in [3.8, 4) is 0 Å². The highest BCUT2D eigenvalue weighted by Gasteiger charge is 2.32. The minimum absolute atomic E-state index is 0.144. The first-order chi connectivity index (χ1) is 10.4. The maximum Gasteiger partial charge on any atom is 0.252 e. The first-order valence-corrected chi connectivity index (χ1v) is 9.28. The monoisotopic (exact) mass is 367 g/mol. The van der Waals surface area contributed by atoms with Crippen LogP contribution in [0.4, 0.5) is 0 Å². The van der Waals surface area contributed by atoms with E-state index in [1.54, 1.807) is 11.0 Å². The summed E-state index contributed by atoms with van der Waals surface area (Å²) in [5, 5.41) is 0. The Hall–Kier alpha value is -0.710. The number of carbonyl (C=O) groups is 1. The number of halogens is 1. The van der Waals surface area contributed by atoms with E-state index in [1.165, 1.54) is 17.5 Å². The molecule has 1 aliphatic rings. The number of nitrogens with zero attached hydrogens (tertiary/aromatic N) is 2. The normalized spacial score (nSPS) is 18.4. The van der Waals surface area contributed by atoms with E-state index < -0.39 is 16.1 Å². The highest BCUT2D eigenvalue weighted by molar-refractivity contribution is 7.91. The molecule has 0 aromatic carbocycles. The van der Waals surface area contributed by atoms with Crippen LogP contribution in [0.25, 0.3) is 0 Å². The van der Waals surface area contributed by atoms with Crippen LogP contribution >= 0.6 is 22.9 Å². The number of sulfonamides is 1. The van der Waals surface area contributed by atoms with E-state index in [2.05, 4.69) is 0 Å². The molecule has 1 atom stereocenters. The Morgan fingerprint density at radius 1 is 1.41 bits per heavy atom. The summed E-state index contributed by atoms with van der Waals surface area (Å²) < 4.78 is 31.8. The maximum atomic E-state index is 12.4. The summed E-state index contributed by atoms with van der Waals surface area (Å²) in [5.41, 5.74) is 5.71. The number of carbonyl (C=O) groups excluding carboxylic acids is 1. The second-order valence-corrected chi connectivity index (χ2v) is 8.73. The molecule has 1 aliphatic heterocycles. The van der Waals surface area contributed by atoms with Gasteiger partial charge in [0.15, 0.2) is 0 Å². The lowest BCUT2D eigenvalue weighted by atomic mass is 10.2. The van der Waals surface area contributed by atoms with Crippen molar-refractivity contribution in [3.63, 3.8) is 0 Å². The van der Waals surface area contributed by atoms with Gasteiger partial charge in [-0.1, -0.05) is 11.6 Å². The topological polar surface area (TPSA) is 92.9 Å². The quantitative estimate of drug-likeness (QED) is 0.803. The summed E-state index contributed by atoms with van der Waals surface area (Å²) in [5.74, 6) is -0.224. The first kappa shape index (κ1) is 17.6. The van der Waals surface area contributed by atoms with Crippen LogP contribution in [0.15, 0.2) is 16.3 Å². The molecule has 1 fully saturated rings. The molecular formula is C12H18ClN3O4S2. The Morgan fingerprint density at radius 3 is 2.55 bits per heavy atom. The van der Waals surface area contributed by atoms with Crippen LogP contribution in [0.3, 0.4) is 0 Å². The number of hydrogen-bond donors (Lipinski definition) is 1. The minimum atomic E-state index is -3.55. The van der Waals surface area contributed by atoms with Gasteiger partial charge in [0.2, 0.25) is 5.91 Å². The standard InChI is InChI=1S/C12H18ClN3O4S2/c1-20-8-9(14)12(17)15-4-6-16(7-5-15)22(18,19)11-3-2-10(13)21-11/h2-3,9H,4-8,14H2,1H3. The van der Waals surface area contributed by atoms with Crippen molar-refractivity contribution in [1.82, 2.24) is 9.21 Å². The molecule has 7 nitrogen and oxygen atoms in total. The van der Waals surface area contributed by atoms with Gasteiger partial charge in [-0.25, -0.2) is 8.42 Å². The molecule has 1 amide bonds. The molecule has 1 aromatic heterocycles. The molecule has 1 unspecified atom stereocenters. The predicted octanol–water partition coefficient (Wildman–Crippen LogP) is 0.208. The molecule has 2 heterocycles. The molecule has 0 aliphatic carbocycles. The van der Waals surface area contributed by atoms with Gasteiger partial charge < -0.3 is 15.4 Å². The number of nitrogens with two attached hydrogens (primary N) is 1. The lowest BCUT2D eigenvalue weighted by Crippen LogP contribution is -2.55. The number of amides is 1. The highest BCUT2D eigenvalue weighted by Crippen LogP contribution is 2.28. The molecule has 2 N–H and O–H groups in total. The molecule has 124 valence electrons. The van der Waals surface area contributed by atoms with Gasteiger partial charge in [0, 0.05) is 33.3 Å². The Labute approximate surface area is 138 Å². The van der Waals surface area contributed by atoms with E-state index in [1.807, 2.05) is 0 Å². The Morgan fingerprint density at radius 2 is 2.05 bits per heavy atom. The Bertz CT molecular complexity index is 626. The molecule has 0 saturated carbocycles. The van der Waals surface area contributed by atoms with E-state index in [-0.39, 0.29) is 29.8 Å². The second-order valence-electron chi connectivity index (χ2n) is 4.85. The van der Waals surface area contributed by atoms with Gasteiger partial charge in [0.25, 0.3) is 10.0 Å². The zero-order valence-electron chi connectivity index (χ0n) is 12.1. The van der Waals surface area contributed by atoms with Gasteiger partial charge in [-0.3, -0.25) is 4.79 Å². The predicted molar refractivity (Wildman–Crippen MR) is 84.5 cm³/mol. The van der Waals surface area contributed by atoms with E-state index in [4.69, 9.17) is 22.1 Å². The number of ether oxygens (including phenoxy) is 1. The third kappa shape index (κ3) is 3.79. The van der Waals surface area contributed by atoms with Crippen molar-refractivity contribution in [2.24, 2.45) is 5.73 Å². The van der Waals surface area contributed by atoms with Crippen molar-refractivity contribution in [1.29, 1.82) is 0 Å². The van der Waals surface area contributed by atoms with E-state index in [0.717, 1.165) is 11.3 Å². The average Bonchev–Trinajstić information content (AvgIpc) is 2.94. The van der Waals surface area contributed by atoms with Crippen LogP contribution in [0.1, 0.15) is 0 Å². The SMILES string of the molecule is COCC(N)C(=O)N1CCN(S(=O)(=O)c2ccc(Cl)s2)CC1. The zero-order chi connectivity index (χ0) is 16.3. The van der Waals surface area contributed by atoms with Crippen molar-refractivity contribution in [2.75, 3.05) is 39.9 Å². The largest absolute Gasteiger partial charge is 0.383 e. The number of thiophene rings is 1. The minimum Gasteiger partial charge on any atom is -0.383 e. The van der Waals surface area contributed by atoms with Gasteiger partial charge in [-0.2, -0.15) is 4.31 Å². The molecule has 0 spiro atoms. The summed E-state index contributed by atoms with van der Waals surface area (Å²) in [4.78, 5) is 13.6. The van der Waals surface area contributed by atoms with Gasteiger partial charge in [-0.15, -0.1) is 11.3 Å². The average molecular weight is 368 g/mol. The van der Waals surface area contributed by atoms with Gasteiger partial charge in [0.05, 0.1) is 10.9 Å². The Kier molecular flexibility index (Phi) is 5.81. The third-order valence-electron chi connectivity index (χ3n) is 3.36. The van der Waals surface area contributed by atoms with E-state index >= 15 is 0 Å². The summed E-state index contributed by atoms with van der Waals surface area (Å²) in [6.45, 7) is 1.25. The van der Waals surface area contributed by atoms with Crippen molar-refractivity contribution < 1.29 is 17.9 Å². The fraction of sp³-hybridized carbons (Fsp3) is 0.583. The molecule has 22 heavy (non-hydrogen) atoms. The van der Waals surface area contributed by atoms with Crippen LogP contribution in [0, 0.1) is 0 Å². The fourth-order valence-electron chi connectivity index (χ4n) is 2.20. The van der Waals surface area contributed by atoms with Crippen LogP contribution < -0.4 is 5.73 Å². The summed E-state index contributed by atoms with van der Waals surface area (Å²) in [6.07, 6.45) is 0.